The molecule has 0 bridgehead atoms. The molecule has 0 saturated heterocycles. The molecule has 1 aromatic carbocycles. The summed E-state index contributed by atoms with van der Waals surface area (Å²) in [4.78, 5) is 12.4. The highest BCUT2D eigenvalue weighted by atomic mass is 16.5. The second kappa shape index (κ2) is 7.29. The number of carbonyl (C=O) groups excluding carboxylic acids is 1. The third-order valence-corrected chi connectivity index (χ3v) is 3.28. The van der Waals surface area contributed by atoms with Crippen molar-refractivity contribution in [1.82, 2.24) is 0 Å². The van der Waals surface area contributed by atoms with Gasteiger partial charge in [0.15, 0.2) is 5.78 Å². The van der Waals surface area contributed by atoms with E-state index in [0.717, 1.165) is 12.8 Å². The van der Waals surface area contributed by atoms with Crippen molar-refractivity contribution < 1.29 is 14.6 Å². The van der Waals surface area contributed by atoms with Gasteiger partial charge in [0.1, 0.15) is 11.9 Å². The normalized spacial score (nSPS) is 12.8. The molecule has 0 heterocycles. The number of hydrogen-bond acceptors (Lipinski definition) is 3. The van der Waals surface area contributed by atoms with Crippen LogP contribution in [0.5, 0.6) is 5.75 Å². The van der Waals surface area contributed by atoms with E-state index in [2.05, 4.69) is 0 Å². The average molecular weight is 264 g/mol. The highest BCUT2D eigenvalue weighted by molar-refractivity contribution is 6.01. The van der Waals surface area contributed by atoms with Crippen LogP contribution >= 0.6 is 0 Å². The van der Waals surface area contributed by atoms with Gasteiger partial charge < -0.3 is 9.84 Å². The summed E-state index contributed by atoms with van der Waals surface area (Å²) < 4.78 is 5.63. The average Bonchev–Trinajstić information content (AvgIpc) is 2.39. The van der Waals surface area contributed by atoms with Gasteiger partial charge in [-0.2, -0.15) is 0 Å². The summed E-state index contributed by atoms with van der Waals surface area (Å²) in [5, 5.41) is 10.2. The van der Waals surface area contributed by atoms with Crippen molar-refractivity contribution in [2.24, 2.45) is 5.92 Å². The van der Waals surface area contributed by atoms with Crippen molar-refractivity contribution >= 4 is 5.78 Å². The van der Waals surface area contributed by atoms with Crippen molar-refractivity contribution in [2.45, 2.75) is 52.7 Å². The van der Waals surface area contributed by atoms with Gasteiger partial charge in [-0.3, -0.25) is 4.79 Å². The van der Waals surface area contributed by atoms with E-state index < -0.39 is 6.10 Å². The summed E-state index contributed by atoms with van der Waals surface area (Å²) >= 11 is 0. The molecule has 1 N–H and O–H groups in total. The SMILES string of the molecule is CCC(CC)C(O)C(=O)c1ccccc1OC(C)C. The Morgan fingerprint density at radius 1 is 1.21 bits per heavy atom. The minimum atomic E-state index is -0.952. The largest absolute Gasteiger partial charge is 0.490 e. The van der Waals surface area contributed by atoms with Gasteiger partial charge in [-0.15, -0.1) is 0 Å². The van der Waals surface area contributed by atoms with Crippen molar-refractivity contribution in [1.29, 1.82) is 0 Å². The van der Waals surface area contributed by atoms with Gasteiger partial charge in [0.2, 0.25) is 0 Å². The third kappa shape index (κ3) is 4.06. The fourth-order valence-corrected chi connectivity index (χ4v) is 2.14. The van der Waals surface area contributed by atoms with Gasteiger partial charge >= 0.3 is 0 Å². The minimum Gasteiger partial charge on any atom is -0.490 e. The summed E-state index contributed by atoms with van der Waals surface area (Å²) in [6, 6.07) is 7.11. The molecular weight excluding hydrogens is 240 g/mol. The van der Waals surface area contributed by atoms with Crippen LogP contribution in [0.4, 0.5) is 0 Å². The highest BCUT2D eigenvalue weighted by Gasteiger charge is 2.26. The Kier molecular flexibility index (Phi) is 6.03. The lowest BCUT2D eigenvalue weighted by molar-refractivity contribution is 0.0583. The van der Waals surface area contributed by atoms with Gasteiger partial charge in [0.25, 0.3) is 0 Å². The smallest absolute Gasteiger partial charge is 0.195 e. The fraction of sp³-hybridized carbons (Fsp3) is 0.562. The van der Waals surface area contributed by atoms with Crippen molar-refractivity contribution in [3.8, 4) is 5.75 Å². The molecule has 1 rings (SSSR count). The van der Waals surface area contributed by atoms with E-state index in [0.29, 0.717) is 11.3 Å². The van der Waals surface area contributed by atoms with Gasteiger partial charge in [-0.25, -0.2) is 0 Å². The molecule has 0 spiro atoms. The highest BCUT2D eigenvalue weighted by Crippen LogP contribution is 2.24. The first kappa shape index (κ1) is 15.7. The van der Waals surface area contributed by atoms with Gasteiger partial charge in [0, 0.05) is 0 Å². The van der Waals surface area contributed by atoms with Crippen LogP contribution in [-0.2, 0) is 0 Å². The molecule has 0 saturated carbocycles. The second-order valence-electron chi connectivity index (χ2n) is 5.05. The molecule has 0 radical (unpaired) electrons. The molecule has 1 atom stereocenters. The quantitative estimate of drug-likeness (QED) is 0.767. The zero-order valence-corrected chi connectivity index (χ0v) is 12.2. The standard InChI is InChI=1S/C16H24O3/c1-5-12(6-2)15(17)16(18)13-9-7-8-10-14(13)19-11(3)4/h7-12,15,17H,5-6H2,1-4H3. The number of aliphatic hydroxyl groups excluding tert-OH is 1. The third-order valence-electron chi connectivity index (χ3n) is 3.28. The van der Waals surface area contributed by atoms with E-state index >= 15 is 0 Å². The maximum absolute atomic E-state index is 12.4. The molecule has 0 aromatic heterocycles. The predicted molar refractivity (Wildman–Crippen MR) is 76.6 cm³/mol. The first-order chi connectivity index (χ1) is 9.01. The summed E-state index contributed by atoms with van der Waals surface area (Å²) in [5.74, 6) is 0.303. The second-order valence-corrected chi connectivity index (χ2v) is 5.05. The van der Waals surface area contributed by atoms with Crippen molar-refractivity contribution in [3.63, 3.8) is 0 Å². The van der Waals surface area contributed by atoms with Gasteiger partial charge in [-0.1, -0.05) is 38.8 Å². The Morgan fingerprint density at radius 3 is 2.32 bits per heavy atom. The van der Waals surface area contributed by atoms with E-state index in [1.54, 1.807) is 18.2 Å². The lowest BCUT2D eigenvalue weighted by atomic mass is 9.90. The number of hydrogen-bond donors (Lipinski definition) is 1. The predicted octanol–water partition coefficient (Wildman–Crippen LogP) is 3.45. The van der Waals surface area contributed by atoms with Gasteiger partial charge in [-0.05, 0) is 31.9 Å². The molecule has 1 aromatic rings. The van der Waals surface area contributed by atoms with Crippen molar-refractivity contribution in [3.05, 3.63) is 29.8 Å². The van der Waals surface area contributed by atoms with E-state index in [9.17, 15) is 9.90 Å². The topological polar surface area (TPSA) is 46.5 Å². The lowest BCUT2D eigenvalue weighted by Crippen LogP contribution is -2.29. The first-order valence-electron chi connectivity index (χ1n) is 6.99. The number of rotatable bonds is 7. The van der Waals surface area contributed by atoms with Crippen LogP contribution in [-0.4, -0.2) is 23.1 Å². The molecule has 3 nitrogen and oxygen atoms in total. The summed E-state index contributed by atoms with van der Waals surface area (Å²) in [5.41, 5.74) is 0.468. The van der Waals surface area contributed by atoms with E-state index in [1.807, 2.05) is 33.8 Å². The molecule has 0 aliphatic carbocycles. The molecule has 0 amide bonds. The molecule has 19 heavy (non-hydrogen) atoms. The molecule has 0 fully saturated rings. The lowest BCUT2D eigenvalue weighted by Gasteiger charge is -2.20. The minimum absolute atomic E-state index is 0.000365. The monoisotopic (exact) mass is 264 g/mol. The van der Waals surface area contributed by atoms with Crippen LogP contribution in [0.25, 0.3) is 0 Å². The Morgan fingerprint density at radius 2 is 1.79 bits per heavy atom. The first-order valence-corrected chi connectivity index (χ1v) is 6.99. The van der Waals surface area contributed by atoms with Crippen LogP contribution in [0.1, 0.15) is 50.9 Å². The molecule has 1 unspecified atom stereocenters. The molecule has 0 aliphatic rings. The number of benzene rings is 1. The summed E-state index contributed by atoms with van der Waals surface area (Å²) in [7, 11) is 0. The van der Waals surface area contributed by atoms with E-state index in [4.69, 9.17) is 4.74 Å². The summed E-state index contributed by atoms with van der Waals surface area (Å²) in [6.07, 6.45) is 0.624. The Bertz CT molecular complexity index is 408. The van der Waals surface area contributed by atoms with Crippen LogP contribution in [0, 0.1) is 5.92 Å². The Labute approximate surface area is 115 Å². The Hall–Kier alpha value is -1.35. The number of ketones is 1. The van der Waals surface area contributed by atoms with Gasteiger partial charge in [0.05, 0.1) is 11.7 Å². The fourth-order valence-electron chi connectivity index (χ4n) is 2.14. The van der Waals surface area contributed by atoms with Crippen molar-refractivity contribution in [2.75, 3.05) is 0 Å². The summed E-state index contributed by atoms with van der Waals surface area (Å²) in [6.45, 7) is 7.81. The van der Waals surface area contributed by atoms with Crippen LogP contribution in [0.3, 0.4) is 0 Å². The zero-order chi connectivity index (χ0) is 14.4. The van der Waals surface area contributed by atoms with E-state index in [1.165, 1.54) is 0 Å². The molecule has 3 heteroatoms. The number of aliphatic hydroxyl groups is 1. The number of ether oxygens (including phenoxy) is 1. The zero-order valence-electron chi connectivity index (χ0n) is 12.2. The molecule has 0 aliphatic heterocycles. The number of Topliss-reactive ketones (excluding diaryl/α,β-unsaturated/α-hetero) is 1. The van der Waals surface area contributed by atoms with Crippen LogP contribution in [0.2, 0.25) is 0 Å². The molecule has 106 valence electrons. The number of carbonyl (C=O) groups is 1. The van der Waals surface area contributed by atoms with Crippen LogP contribution in [0.15, 0.2) is 24.3 Å². The Balaban J connectivity index is 2.98. The molecular formula is C16H24O3. The van der Waals surface area contributed by atoms with Crippen LogP contribution < -0.4 is 4.74 Å². The maximum Gasteiger partial charge on any atom is 0.195 e. The van der Waals surface area contributed by atoms with E-state index in [-0.39, 0.29) is 17.8 Å². The number of para-hydroxylation sites is 1. The maximum atomic E-state index is 12.4.